The number of aryl methyl sites for hydroxylation is 1. The van der Waals surface area contributed by atoms with Crippen molar-refractivity contribution in [1.82, 2.24) is 4.90 Å². The van der Waals surface area contributed by atoms with E-state index in [1.54, 1.807) is 24.3 Å². The van der Waals surface area contributed by atoms with E-state index in [2.05, 4.69) is 5.32 Å². The van der Waals surface area contributed by atoms with Gasteiger partial charge in [0.05, 0.1) is 11.4 Å². The molecule has 0 saturated heterocycles. The molecule has 2 amide bonds. The standard InChI is InChI=1S/C23H24N2O5S/c1-16-8-7-11-20(17(16)2)24-22(26)14-25(3)23(27)21-13-12-18(30-21)15-31(28,29)19-9-5-4-6-10-19/h4-13H,14-15H2,1-3H3,(H,24,26). The van der Waals surface area contributed by atoms with Crippen LogP contribution in [0.5, 0.6) is 0 Å². The van der Waals surface area contributed by atoms with E-state index in [4.69, 9.17) is 4.42 Å². The molecule has 0 bridgehead atoms. The van der Waals surface area contributed by atoms with Crippen molar-refractivity contribution in [2.75, 3.05) is 18.9 Å². The Kier molecular flexibility index (Phi) is 6.60. The summed E-state index contributed by atoms with van der Waals surface area (Å²) in [4.78, 5) is 26.4. The minimum atomic E-state index is -3.59. The third kappa shape index (κ3) is 5.40. The van der Waals surface area contributed by atoms with Crippen LogP contribution in [0.15, 0.2) is 70.0 Å². The molecule has 1 aromatic heterocycles. The van der Waals surface area contributed by atoms with Gasteiger partial charge >= 0.3 is 0 Å². The van der Waals surface area contributed by atoms with Crippen molar-refractivity contribution in [2.24, 2.45) is 0 Å². The molecule has 0 aliphatic heterocycles. The molecule has 3 aromatic rings. The van der Waals surface area contributed by atoms with Gasteiger partial charge in [-0.3, -0.25) is 9.59 Å². The number of rotatable bonds is 7. The number of amides is 2. The molecule has 1 N–H and O–H groups in total. The van der Waals surface area contributed by atoms with Gasteiger partial charge in [0.25, 0.3) is 5.91 Å². The lowest BCUT2D eigenvalue weighted by Crippen LogP contribution is -2.34. The fourth-order valence-electron chi connectivity index (χ4n) is 3.02. The lowest BCUT2D eigenvalue weighted by molar-refractivity contribution is -0.116. The second-order valence-electron chi connectivity index (χ2n) is 7.29. The Bertz CT molecular complexity index is 1200. The van der Waals surface area contributed by atoms with Crippen molar-refractivity contribution in [3.05, 3.63) is 83.3 Å². The summed E-state index contributed by atoms with van der Waals surface area (Å²) >= 11 is 0. The van der Waals surface area contributed by atoms with E-state index >= 15 is 0 Å². The number of nitrogens with zero attached hydrogens (tertiary/aromatic N) is 1. The lowest BCUT2D eigenvalue weighted by Gasteiger charge is -2.16. The zero-order valence-corrected chi connectivity index (χ0v) is 18.4. The molecule has 1 heterocycles. The summed E-state index contributed by atoms with van der Waals surface area (Å²) in [7, 11) is -2.11. The van der Waals surface area contributed by atoms with Crippen molar-refractivity contribution < 1.29 is 22.4 Å². The van der Waals surface area contributed by atoms with E-state index in [9.17, 15) is 18.0 Å². The number of hydrogen-bond acceptors (Lipinski definition) is 5. The summed E-state index contributed by atoms with van der Waals surface area (Å²) in [5.41, 5.74) is 2.70. The Hall–Kier alpha value is -3.39. The lowest BCUT2D eigenvalue weighted by atomic mass is 10.1. The molecular formula is C23H24N2O5S. The number of likely N-dealkylation sites (N-methyl/N-ethyl adjacent to an activating group) is 1. The second-order valence-corrected chi connectivity index (χ2v) is 9.28. The van der Waals surface area contributed by atoms with E-state index < -0.39 is 15.7 Å². The smallest absolute Gasteiger partial charge is 0.289 e. The van der Waals surface area contributed by atoms with Crippen molar-refractivity contribution in [1.29, 1.82) is 0 Å². The molecule has 0 aliphatic rings. The summed E-state index contributed by atoms with van der Waals surface area (Å²) < 4.78 is 30.4. The average molecular weight is 441 g/mol. The molecule has 0 saturated carbocycles. The number of sulfone groups is 1. The first-order chi connectivity index (χ1) is 14.7. The third-order valence-electron chi connectivity index (χ3n) is 4.91. The fourth-order valence-corrected chi connectivity index (χ4v) is 4.29. The van der Waals surface area contributed by atoms with Crippen LogP contribution in [0, 0.1) is 13.8 Å². The number of furan rings is 1. The summed E-state index contributed by atoms with van der Waals surface area (Å²) in [6.07, 6.45) is 0. The van der Waals surface area contributed by atoms with E-state index in [1.807, 2.05) is 26.0 Å². The van der Waals surface area contributed by atoms with Gasteiger partial charge in [-0.05, 0) is 55.3 Å². The number of anilines is 1. The van der Waals surface area contributed by atoms with E-state index in [0.717, 1.165) is 11.1 Å². The SMILES string of the molecule is Cc1cccc(NC(=O)CN(C)C(=O)c2ccc(CS(=O)(=O)c3ccccc3)o2)c1C. The molecule has 31 heavy (non-hydrogen) atoms. The molecule has 0 spiro atoms. The normalized spacial score (nSPS) is 11.2. The molecule has 0 aliphatic carbocycles. The highest BCUT2D eigenvalue weighted by molar-refractivity contribution is 7.90. The molecule has 0 atom stereocenters. The molecule has 7 nitrogen and oxygen atoms in total. The quantitative estimate of drug-likeness (QED) is 0.606. The molecule has 8 heteroatoms. The molecule has 0 fully saturated rings. The fraction of sp³-hybridized carbons (Fsp3) is 0.217. The van der Waals surface area contributed by atoms with Gasteiger partial charge < -0.3 is 14.6 Å². The van der Waals surface area contributed by atoms with E-state index in [0.29, 0.717) is 5.69 Å². The number of benzene rings is 2. The van der Waals surface area contributed by atoms with Crippen LogP contribution in [-0.4, -0.2) is 38.7 Å². The van der Waals surface area contributed by atoms with Gasteiger partial charge in [-0.15, -0.1) is 0 Å². The van der Waals surface area contributed by atoms with Crippen LogP contribution in [-0.2, 0) is 20.4 Å². The van der Waals surface area contributed by atoms with Crippen LogP contribution in [0.1, 0.15) is 27.4 Å². The van der Waals surface area contributed by atoms with Crippen molar-refractivity contribution in [2.45, 2.75) is 24.5 Å². The maximum absolute atomic E-state index is 12.6. The van der Waals surface area contributed by atoms with Gasteiger partial charge in [0.15, 0.2) is 15.6 Å². The van der Waals surface area contributed by atoms with Crippen LogP contribution >= 0.6 is 0 Å². The zero-order chi connectivity index (χ0) is 22.6. The zero-order valence-electron chi connectivity index (χ0n) is 17.6. The monoisotopic (exact) mass is 440 g/mol. The molecule has 162 valence electrons. The van der Waals surface area contributed by atoms with Crippen molar-refractivity contribution in [3.8, 4) is 0 Å². The van der Waals surface area contributed by atoms with Crippen LogP contribution in [0.2, 0.25) is 0 Å². The van der Waals surface area contributed by atoms with Gasteiger partial charge in [0.1, 0.15) is 11.5 Å². The largest absolute Gasteiger partial charge is 0.455 e. The van der Waals surface area contributed by atoms with Gasteiger partial charge in [-0.1, -0.05) is 30.3 Å². The number of nitrogens with one attached hydrogen (secondary N) is 1. The Labute approximate surface area is 181 Å². The van der Waals surface area contributed by atoms with Crippen LogP contribution in [0.3, 0.4) is 0 Å². The third-order valence-corrected chi connectivity index (χ3v) is 6.57. The van der Waals surface area contributed by atoms with Gasteiger partial charge in [0.2, 0.25) is 5.91 Å². The van der Waals surface area contributed by atoms with Crippen LogP contribution in [0.4, 0.5) is 5.69 Å². The van der Waals surface area contributed by atoms with Crippen LogP contribution < -0.4 is 5.32 Å². The molecule has 0 unspecified atom stereocenters. The average Bonchev–Trinajstić information content (AvgIpc) is 3.19. The summed E-state index contributed by atoms with van der Waals surface area (Å²) in [5.74, 6) is -1.09. The number of hydrogen-bond donors (Lipinski definition) is 1. The maximum Gasteiger partial charge on any atom is 0.289 e. The molecule has 2 aromatic carbocycles. The number of carbonyl (C=O) groups is 2. The molecule has 0 radical (unpaired) electrons. The highest BCUT2D eigenvalue weighted by Gasteiger charge is 2.22. The Balaban J connectivity index is 1.63. The summed E-state index contributed by atoms with van der Waals surface area (Å²) in [6.45, 7) is 3.69. The minimum Gasteiger partial charge on any atom is -0.455 e. The molecular weight excluding hydrogens is 416 g/mol. The van der Waals surface area contributed by atoms with Gasteiger partial charge in [-0.25, -0.2) is 8.42 Å². The minimum absolute atomic E-state index is 0.0275. The maximum atomic E-state index is 12.6. The van der Waals surface area contributed by atoms with Gasteiger partial charge in [0, 0.05) is 12.7 Å². The first-order valence-electron chi connectivity index (χ1n) is 9.65. The first-order valence-corrected chi connectivity index (χ1v) is 11.3. The predicted molar refractivity (Wildman–Crippen MR) is 118 cm³/mol. The molecule has 3 rings (SSSR count). The Morgan fingerprint density at radius 1 is 0.968 bits per heavy atom. The Morgan fingerprint density at radius 2 is 1.68 bits per heavy atom. The summed E-state index contributed by atoms with van der Waals surface area (Å²) in [5, 5.41) is 2.80. The first kappa shape index (κ1) is 22.3. The highest BCUT2D eigenvalue weighted by atomic mass is 32.2. The summed E-state index contributed by atoms with van der Waals surface area (Å²) in [6, 6.07) is 16.5. The van der Waals surface area contributed by atoms with Crippen molar-refractivity contribution in [3.63, 3.8) is 0 Å². The van der Waals surface area contributed by atoms with Gasteiger partial charge in [-0.2, -0.15) is 0 Å². The highest BCUT2D eigenvalue weighted by Crippen LogP contribution is 2.20. The van der Waals surface area contributed by atoms with E-state index in [1.165, 1.54) is 36.2 Å². The van der Waals surface area contributed by atoms with Crippen molar-refractivity contribution >= 4 is 27.3 Å². The topological polar surface area (TPSA) is 96.7 Å². The second kappa shape index (κ2) is 9.18. The number of carbonyl (C=O) groups excluding carboxylic acids is 2. The Morgan fingerprint density at radius 3 is 2.39 bits per heavy atom. The van der Waals surface area contributed by atoms with Crippen LogP contribution in [0.25, 0.3) is 0 Å². The van der Waals surface area contributed by atoms with E-state index in [-0.39, 0.29) is 34.6 Å². The predicted octanol–water partition coefficient (Wildman–Crippen LogP) is 3.58.